The first-order chi connectivity index (χ1) is 16.7. The van der Waals surface area contributed by atoms with Gasteiger partial charge in [0.1, 0.15) is 0 Å². The van der Waals surface area contributed by atoms with Crippen LogP contribution in [-0.2, 0) is 16.1 Å². The molecule has 1 amide bonds. The maximum atomic E-state index is 12.0. The maximum Gasteiger partial charge on any atom is 0.227 e. The molecular formula is C23H36N8O3. The molecule has 11 heteroatoms. The number of likely N-dealkylation sites (tertiary alicyclic amines) is 1. The Labute approximate surface area is 199 Å². The molecule has 2 aromatic rings. The minimum atomic E-state index is -0.200. The molecule has 3 aliphatic rings. The molecule has 3 fully saturated rings. The van der Waals surface area contributed by atoms with Crippen molar-refractivity contribution in [1.82, 2.24) is 29.3 Å². The van der Waals surface area contributed by atoms with Gasteiger partial charge >= 0.3 is 0 Å². The van der Waals surface area contributed by atoms with Crippen LogP contribution in [0.15, 0.2) is 6.33 Å². The number of fused-ring (bicyclic) bond motifs is 1. The Hall–Kier alpha value is -2.50. The zero-order chi connectivity index (χ0) is 23.3. The van der Waals surface area contributed by atoms with Gasteiger partial charge in [-0.05, 0) is 32.1 Å². The number of aliphatic hydroxyl groups is 1. The van der Waals surface area contributed by atoms with Gasteiger partial charge in [0, 0.05) is 58.3 Å². The number of morpholine rings is 1. The highest BCUT2D eigenvalue weighted by Crippen LogP contribution is 2.25. The second kappa shape index (κ2) is 10.8. The molecule has 0 aromatic carbocycles. The van der Waals surface area contributed by atoms with E-state index >= 15 is 0 Å². The fourth-order valence-electron chi connectivity index (χ4n) is 5.02. The number of carbonyl (C=O) groups excluding carboxylic acids is 1. The molecule has 11 nitrogen and oxygen atoms in total. The van der Waals surface area contributed by atoms with E-state index in [1.165, 1.54) is 0 Å². The summed E-state index contributed by atoms with van der Waals surface area (Å²) < 4.78 is 7.46. The lowest BCUT2D eigenvalue weighted by Crippen LogP contribution is -2.39. The number of rotatable bonds is 9. The fraction of sp³-hybridized carbons (Fsp3) is 0.739. The van der Waals surface area contributed by atoms with Crippen molar-refractivity contribution in [3.8, 4) is 0 Å². The number of nitrogens with zero attached hydrogens (tertiary/aromatic N) is 6. The minimum absolute atomic E-state index is 0.200. The molecule has 1 saturated carbocycles. The van der Waals surface area contributed by atoms with E-state index in [0.717, 1.165) is 95.0 Å². The summed E-state index contributed by atoms with van der Waals surface area (Å²) in [5, 5.41) is 16.8. The van der Waals surface area contributed by atoms with Crippen LogP contribution < -0.4 is 10.6 Å². The summed E-state index contributed by atoms with van der Waals surface area (Å²) in [6, 6.07) is 0.251. The summed E-state index contributed by atoms with van der Waals surface area (Å²) in [5.74, 6) is 1.54. The van der Waals surface area contributed by atoms with Gasteiger partial charge < -0.3 is 29.9 Å². The molecule has 34 heavy (non-hydrogen) atoms. The SMILES string of the molecule is O=C1CCCN1CCn1cnc2c(NCCN3CCOCC3)nc(NC3CCC(O)CC3)nc21. The number of imidazole rings is 1. The van der Waals surface area contributed by atoms with Gasteiger partial charge in [0.15, 0.2) is 17.0 Å². The number of aliphatic hydroxyl groups excluding tert-OH is 1. The number of ether oxygens (including phenoxy) is 1. The third-order valence-corrected chi connectivity index (χ3v) is 7.10. The van der Waals surface area contributed by atoms with Gasteiger partial charge in [-0.2, -0.15) is 9.97 Å². The van der Waals surface area contributed by atoms with Crippen LogP contribution in [-0.4, -0.2) is 105 Å². The lowest BCUT2D eigenvalue weighted by atomic mass is 9.93. The van der Waals surface area contributed by atoms with E-state index in [9.17, 15) is 9.90 Å². The molecular weight excluding hydrogens is 436 g/mol. The van der Waals surface area contributed by atoms with Gasteiger partial charge in [0.05, 0.1) is 25.6 Å². The lowest BCUT2D eigenvalue weighted by molar-refractivity contribution is -0.127. The van der Waals surface area contributed by atoms with Gasteiger partial charge in [0.2, 0.25) is 11.9 Å². The summed E-state index contributed by atoms with van der Waals surface area (Å²) in [7, 11) is 0. The van der Waals surface area contributed by atoms with Gasteiger partial charge in [-0.3, -0.25) is 9.69 Å². The van der Waals surface area contributed by atoms with Crippen molar-refractivity contribution in [3.05, 3.63) is 6.33 Å². The second-order valence-electron chi connectivity index (χ2n) is 9.52. The zero-order valence-electron chi connectivity index (χ0n) is 19.8. The van der Waals surface area contributed by atoms with Crippen molar-refractivity contribution in [3.63, 3.8) is 0 Å². The van der Waals surface area contributed by atoms with E-state index in [0.29, 0.717) is 25.5 Å². The monoisotopic (exact) mass is 472 g/mol. The van der Waals surface area contributed by atoms with Crippen molar-refractivity contribution in [2.45, 2.75) is 57.2 Å². The fourth-order valence-corrected chi connectivity index (χ4v) is 5.02. The Morgan fingerprint density at radius 2 is 1.88 bits per heavy atom. The molecule has 5 rings (SSSR count). The van der Waals surface area contributed by atoms with Gasteiger partial charge in [-0.1, -0.05) is 0 Å². The molecule has 0 unspecified atom stereocenters. The first-order valence-corrected chi connectivity index (χ1v) is 12.6. The highest BCUT2D eigenvalue weighted by Gasteiger charge is 2.23. The Morgan fingerprint density at radius 3 is 2.65 bits per heavy atom. The number of aromatic nitrogens is 4. The molecule has 0 atom stereocenters. The van der Waals surface area contributed by atoms with Crippen LogP contribution in [0.3, 0.4) is 0 Å². The molecule has 1 aliphatic carbocycles. The molecule has 4 heterocycles. The van der Waals surface area contributed by atoms with Crippen LogP contribution in [0.25, 0.3) is 11.2 Å². The van der Waals surface area contributed by atoms with Gasteiger partial charge in [0.25, 0.3) is 0 Å². The van der Waals surface area contributed by atoms with Crippen molar-refractivity contribution in [1.29, 1.82) is 0 Å². The maximum absolute atomic E-state index is 12.0. The van der Waals surface area contributed by atoms with E-state index in [-0.39, 0.29) is 18.1 Å². The Balaban J connectivity index is 1.32. The van der Waals surface area contributed by atoms with E-state index in [4.69, 9.17) is 14.7 Å². The summed E-state index contributed by atoms with van der Waals surface area (Å²) >= 11 is 0. The highest BCUT2D eigenvalue weighted by molar-refractivity contribution is 5.84. The summed E-state index contributed by atoms with van der Waals surface area (Å²) in [6.07, 6.45) is 6.58. The Morgan fingerprint density at radius 1 is 1.06 bits per heavy atom. The number of amides is 1. The van der Waals surface area contributed by atoms with Crippen LogP contribution in [0.1, 0.15) is 38.5 Å². The number of hydrogen-bond donors (Lipinski definition) is 3. The average Bonchev–Trinajstić information content (AvgIpc) is 3.45. The normalized spacial score (nSPS) is 24.1. The average molecular weight is 473 g/mol. The number of anilines is 2. The van der Waals surface area contributed by atoms with E-state index < -0.39 is 0 Å². The molecule has 2 aromatic heterocycles. The van der Waals surface area contributed by atoms with Crippen molar-refractivity contribution in [2.24, 2.45) is 0 Å². The summed E-state index contributed by atoms with van der Waals surface area (Å²) in [5.41, 5.74) is 1.52. The first kappa shape index (κ1) is 23.3. The molecule has 2 saturated heterocycles. The Bertz CT molecular complexity index is 969. The number of carbonyl (C=O) groups is 1. The van der Waals surface area contributed by atoms with Crippen molar-refractivity contribution in [2.75, 3.05) is 63.1 Å². The topological polar surface area (TPSA) is 121 Å². The van der Waals surface area contributed by atoms with Crippen molar-refractivity contribution < 1.29 is 14.6 Å². The molecule has 0 radical (unpaired) electrons. The number of nitrogens with one attached hydrogen (secondary N) is 2. The quantitative estimate of drug-likeness (QED) is 0.489. The molecule has 3 N–H and O–H groups in total. The van der Waals surface area contributed by atoms with Gasteiger partial charge in [-0.15, -0.1) is 0 Å². The van der Waals surface area contributed by atoms with Crippen LogP contribution in [0.4, 0.5) is 11.8 Å². The van der Waals surface area contributed by atoms with E-state index in [2.05, 4.69) is 20.5 Å². The summed E-state index contributed by atoms with van der Waals surface area (Å²) in [6.45, 7) is 7.29. The van der Waals surface area contributed by atoms with E-state index in [1.54, 1.807) is 6.33 Å². The third-order valence-electron chi connectivity index (χ3n) is 7.10. The van der Waals surface area contributed by atoms with Crippen LogP contribution in [0.2, 0.25) is 0 Å². The standard InChI is InChI=1S/C23H36N8O3/c32-18-5-3-17(4-6-18)26-23-27-21(24-7-9-29-12-14-34-15-13-29)20-22(28-23)31(16-25-20)11-10-30-8-1-2-19(30)33/h16-18,32H,1-15H2,(H2,24,26,27,28). The predicted molar refractivity (Wildman–Crippen MR) is 129 cm³/mol. The second-order valence-corrected chi connectivity index (χ2v) is 9.52. The molecule has 186 valence electrons. The molecule has 0 bridgehead atoms. The third kappa shape index (κ3) is 5.59. The predicted octanol–water partition coefficient (Wildman–Crippen LogP) is 0.908. The van der Waals surface area contributed by atoms with Crippen LogP contribution in [0.5, 0.6) is 0 Å². The van der Waals surface area contributed by atoms with Crippen LogP contribution >= 0.6 is 0 Å². The summed E-state index contributed by atoms with van der Waals surface area (Å²) in [4.78, 5) is 30.5. The lowest BCUT2D eigenvalue weighted by Gasteiger charge is -2.27. The molecule has 0 spiro atoms. The highest BCUT2D eigenvalue weighted by atomic mass is 16.5. The largest absolute Gasteiger partial charge is 0.393 e. The van der Waals surface area contributed by atoms with Gasteiger partial charge in [-0.25, -0.2) is 4.98 Å². The number of hydrogen-bond acceptors (Lipinski definition) is 9. The van der Waals surface area contributed by atoms with Crippen molar-refractivity contribution >= 4 is 28.8 Å². The minimum Gasteiger partial charge on any atom is -0.393 e. The first-order valence-electron chi connectivity index (χ1n) is 12.6. The smallest absolute Gasteiger partial charge is 0.227 e. The molecule has 2 aliphatic heterocycles. The Kier molecular flexibility index (Phi) is 7.41. The van der Waals surface area contributed by atoms with Crippen LogP contribution in [0, 0.1) is 0 Å². The van der Waals surface area contributed by atoms with E-state index in [1.807, 2.05) is 9.47 Å². The zero-order valence-corrected chi connectivity index (χ0v) is 19.8.